The van der Waals surface area contributed by atoms with Gasteiger partial charge in [-0.15, -0.1) is 5.10 Å². The predicted octanol–water partition coefficient (Wildman–Crippen LogP) is -0.491. The van der Waals surface area contributed by atoms with Crippen molar-refractivity contribution >= 4 is 11.8 Å². The predicted molar refractivity (Wildman–Crippen MR) is 92.2 cm³/mol. The van der Waals surface area contributed by atoms with Crippen molar-refractivity contribution in [1.29, 1.82) is 0 Å². The normalized spacial score (nSPS) is 29.1. The molecule has 0 saturated carbocycles. The van der Waals surface area contributed by atoms with Crippen LogP contribution in [-0.4, -0.2) is 82.5 Å². The number of carbonyl (C=O) groups excluding carboxylic acids is 2. The van der Waals surface area contributed by atoms with E-state index in [1.807, 2.05) is 9.80 Å². The average molecular weight is 362 g/mol. The lowest BCUT2D eigenvalue weighted by atomic mass is 10.0. The molecule has 4 heterocycles. The first-order chi connectivity index (χ1) is 12.7. The van der Waals surface area contributed by atoms with Gasteiger partial charge in [-0.1, -0.05) is 5.21 Å². The highest BCUT2D eigenvalue weighted by atomic mass is 16.5. The standard InChI is InChI=1S/C17H26N6O3/c18-6-13-10-26-11-15(13)23-9-14(19-20-23)17(25)22-5-3-12(8-22)7-21-4-1-2-16(21)24/h9,12-13,15H,1-8,10-11,18H2/t12?,13-,15-/m1/s1. The van der Waals surface area contributed by atoms with Crippen LogP contribution in [0.5, 0.6) is 0 Å². The minimum atomic E-state index is -0.0882. The highest BCUT2D eigenvalue weighted by molar-refractivity contribution is 5.92. The lowest BCUT2D eigenvalue weighted by molar-refractivity contribution is -0.128. The Kier molecular flexibility index (Phi) is 4.90. The molecule has 0 spiro atoms. The summed E-state index contributed by atoms with van der Waals surface area (Å²) in [7, 11) is 0. The van der Waals surface area contributed by atoms with Crippen molar-refractivity contribution in [3.05, 3.63) is 11.9 Å². The van der Waals surface area contributed by atoms with Gasteiger partial charge in [0.15, 0.2) is 5.69 Å². The minimum absolute atomic E-state index is 0.0431. The number of nitrogens with two attached hydrogens (primary N) is 1. The zero-order chi connectivity index (χ0) is 18.1. The van der Waals surface area contributed by atoms with Crippen LogP contribution >= 0.6 is 0 Å². The Morgan fingerprint density at radius 3 is 3.00 bits per heavy atom. The van der Waals surface area contributed by atoms with Crippen molar-refractivity contribution in [2.24, 2.45) is 17.6 Å². The molecule has 0 radical (unpaired) electrons. The van der Waals surface area contributed by atoms with Crippen LogP contribution in [-0.2, 0) is 9.53 Å². The first-order valence-electron chi connectivity index (χ1n) is 9.42. The van der Waals surface area contributed by atoms with Gasteiger partial charge in [0.2, 0.25) is 5.91 Å². The van der Waals surface area contributed by atoms with E-state index in [0.29, 0.717) is 50.9 Å². The van der Waals surface area contributed by atoms with Gasteiger partial charge in [-0.2, -0.15) is 0 Å². The molecule has 3 aliphatic rings. The van der Waals surface area contributed by atoms with Gasteiger partial charge >= 0.3 is 0 Å². The van der Waals surface area contributed by atoms with Crippen LogP contribution in [0.15, 0.2) is 6.20 Å². The van der Waals surface area contributed by atoms with E-state index in [-0.39, 0.29) is 23.8 Å². The highest BCUT2D eigenvalue weighted by Gasteiger charge is 2.33. The van der Waals surface area contributed by atoms with Gasteiger partial charge in [-0.05, 0) is 25.3 Å². The monoisotopic (exact) mass is 362 g/mol. The summed E-state index contributed by atoms with van der Waals surface area (Å²) < 4.78 is 7.19. The Morgan fingerprint density at radius 2 is 2.23 bits per heavy atom. The topological polar surface area (TPSA) is 107 Å². The smallest absolute Gasteiger partial charge is 0.276 e. The van der Waals surface area contributed by atoms with Crippen LogP contribution in [0.2, 0.25) is 0 Å². The number of hydrogen-bond donors (Lipinski definition) is 1. The number of amides is 2. The summed E-state index contributed by atoms with van der Waals surface area (Å²) in [6, 6.07) is 0.0431. The first kappa shape index (κ1) is 17.4. The van der Waals surface area contributed by atoms with Crippen molar-refractivity contribution in [3.63, 3.8) is 0 Å². The summed E-state index contributed by atoms with van der Waals surface area (Å²) in [5.74, 6) is 0.704. The summed E-state index contributed by atoms with van der Waals surface area (Å²) in [4.78, 5) is 28.3. The number of nitrogens with zero attached hydrogens (tertiary/aromatic N) is 5. The SMILES string of the molecule is NC[C@@H]1COC[C@H]1n1cc(C(=O)N2CCC(CN3CCCC3=O)C2)nn1. The van der Waals surface area contributed by atoms with Gasteiger partial charge in [0, 0.05) is 38.5 Å². The molecule has 0 aromatic carbocycles. The number of ether oxygens (including phenoxy) is 1. The van der Waals surface area contributed by atoms with E-state index in [4.69, 9.17) is 10.5 Å². The van der Waals surface area contributed by atoms with E-state index in [9.17, 15) is 9.59 Å². The number of likely N-dealkylation sites (tertiary alicyclic amines) is 2. The summed E-state index contributed by atoms with van der Waals surface area (Å²) in [6.45, 7) is 4.68. The van der Waals surface area contributed by atoms with Crippen molar-refractivity contribution in [1.82, 2.24) is 24.8 Å². The number of carbonyl (C=O) groups is 2. The third-order valence-electron chi connectivity index (χ3n) is 5.76. The number of rotatable bonds is 5. The average Bonchev–Trinajstić information content (AvgIpc) is 3.42. The zero-order valence-electron chi connectivity index (χ0n) is 14.9. The summed E-state index contributed by atoms with van der Waals surface area (Å²) >= 11 is 0. The molecule has 3 aliphatic heterocycles. The maximum Gasteiger partial charge on any atom is 0.276 e. The second-order valence-electron chi connectivity index (χ2n) is 7.53. The molecule has 0 bridgehead atoms. The molecule has 2 N–H and O–H groups in total. The Morgan fingerprint density at radius 1 is 1.35 bits per heavy atom. The molecule has 142 valence electrons. The molecular formula is C17H26N6O3. The van der Waals surface area contributed by atoms with Gasteiger partial charge in [-0.3, -0.25) is 9.59 Å². The molecule has 4 rings (SSSR count). The second kappa shape index (κ2) is 7.32. The maximum absolute atomic E-state index is 12.7. The lowest BCUT2D eigenvalue weighted by Gasteiger charge is -2.20. The van der Waals surface area contributed by atoms with E-state index in [1.54, 1.807) is 10.9 Å². The fourth-order valence-corrected chi connectivity index (χ4v) is 4.18. The molecule has 9 nitrogen and oxygen atoms in total. The number of hydrogen-bond acceptors (Lipinski definition) is 6. The lowest BCUT2D eigenvalue weighted by Crippen LogP contribution is -2.34. The van der Waals surface area contributed by atoms with Gasteiger partial charge in [0.1, 0.15) is 0 Å². The Labute approximate surface area is 152 Å². The van der Waals surface area contributed by atoms with Gasteiger partial charge in [-0.25, -0.2) is 4.68 Å². The molecule has 1 aromatic heterocycles. The van der Waals surface area contributed by atoms with E-state index in [1.165, 1.54) is 0 Å². The number of aromatic nitrogens is 3. The maximum atomic E-state index is 12.7. The van der Waals surface area contributed by atoms with Crippen LogP contribution in [0.4, 0.5) is 0 Å². The van der Waals surface area contributed by atoms with Crippen molar-refractivity contribution in [3.8, 4) is 0 Å². The Balaban J connectivity index is 1.35. The summed E-state index contributed by atoms with van der Waals surface area (Å²) in [5, 5.41) is 8.21. The third kappa shape index (κ3) is 3.33. The third-order valence-corrected chi connectivity index (χ3v) is 5.76. The van der Waals surface area contributed by atoms with Gasteiger partial charge < -0.3 is 20.3 Å². The van der Waals surface area contributed by atoms with E-state index in [0.717, 1.165) is 25.9 Å². The Hall–Kier alpha value is -2.00. The quantitative estimate of drug-likeness (QED) is 0.757. The molecular weight excluding hydrogens is 336 g/mol. The molecule has 9 heteroatoms. The molecule has 1 aromatic rings. The Bertz CT molecular complexity index is 677. The van der Waals surface area contributed by atoms with Crippen LogP contribution in [0.1, 0.15) is 35.8 Å². The fourth-order valence-electron chi connectivity index (χ4n) is 4.18. The highest BCUT2D eigenvalue weighted by Crippen LogP contribution is 2.25. The van der Waals surface area contributed by atoms with E-state index < -0.39 is 0 Å². The largest absolute Gasteiger partial charge is 0.379 e. The summed E-state index contributed by atoms with van der Waals surface area (Å²) in [5.41, 5.74) is 6.14. The molecule has 3 atom stereocenters. The van der Waals surface area contributed by atoms with Crippen molar-refractivity contribution in [2.75, 3.05) is 45.9 Å². The van der Waals surface area contributed by atoms with Gasteiger partial charge in [0.05, 0.1) is 25.5 Å². The first-order valence-corrected chi connectivity index (χ1v) is 9.42. The van der Waals surface area contributed by atoms with E-state index in [2.05, 4.69) is 10.3 Å². The van der Waals surface area contributed by atoms with Crippen molar-refractivity contribution in [2.45, 2.75) is 25.3 Å². The molecule has 1 unspecified atom stereocenters. The zero-order valence-corrected chi connectivity index (χ0v) is 14.9. The van der Waals surface area contributed by atoms with Crippen LogP contribution in [0, 0.1) is 11.8 Å². The van der Waals surface area contributed by atoms with Gasteiger partial charge in [0.25, 0.3) is 5.91 Å². The van der Waals surface area contributed by atoms with Crippen LogP contribution < -0.4 is 5.73 Å². The molecule has 0 aliphatic carbocycles. The van der Waals surface area contributed by atoms with Crippen LogP contribution in [0.25, 0.3) is 0 Å². The minimum Gasteiger partial charge on any atom is -0.379 e. The molecule has 26 heavy (non-hydrogen) atoms. The fraction of sp³-hybridized carbons (Fsp3) is 0.765. The van der Waals surface area contributed by atoms with Crippen LogP contribution in [0.3, 0.4) is 0 Å². The second-order valence-corrected chi connectivity index (χ2v) is 7.53. The summed E-state index contributed by atoms with van der Waals surface area (Å²) in [6.07, 6.45) is 4.25. The molecule has 3 fully saturated rings. The van der Waals surface area contributed by atoms with E-state index >= 15 is 0 Å². The molecule has 3 saturated heterocycles. The van der Waals surface area contributed by atoms with Crippen molar-refractivity contribution < 1.29 is 14.3 Å². The molecule has 2 amide bonds.